The van der Waals surface area contributed by atoms with Crippen LogP contribution in [0.2, 0.25) is 0 Å². The number of rotatable bonds is 14. The van der Waals surface area contributed by atoms with E-state index in [4.69, 9.17) is 19.3 Å². The van der Waals surface area contributed by atoms with E-state index >= 15 is 0 Å². The number of thiazole rings is 1. The Morgan fingerprint density at radius 1 is 0.922 bits per heavy atom. The van der Waals surface area contributed by atoms with Crippen molar-refractivity contribution in [1.82, 2.24) is 20.1 Å². The average molecular weight is 905 g/mol. The number of hydrogen-bond donors (Lipinski definition) is 3. The number of aliphatic carboxylic acids is 1. The Bertz CT molecular complexity index is 2520. The van der Waals surface area contributed by atoms with E-state index in [1.165, 1.54) is 37.2 Å². The van der Waals surface area contributed by atoms with Crippen LogP contribution in [0.3, 0.4) is 0 Å². The quantitative estimate of drug-likeness (QED) is 0.0270. The molecule has 0 spiro atoms. The summed E-state index contributed by atoms with van der Waals surface area (Å²) in [4.78, 5) is 77.3. The molecular weight excluding hydrogens is 861 g/mol. The highest BCUT2D eigenvalue weighted by Gasteiger charge is 2.64. The van der Waals surface area contributed by atoms with Crippen LogP contribution in [0.25, 0.3) is 0 Å². The monoisotopic (exact) mass is 904 g/mol. The number of carbonyl (C=O) groups is 5. The number of nitrogens with zero attached hydrogens (tertiary/aromatic N) is 4. The molecule has 64 heavy (non-hydrogen) atoms. The molecule has 3 N–H and O–H groups in total. The molecule has 3 aliphatic heterocycles. The predicted molar refractivity (Wildman–Crippen MR) is 237 cm³/mol. The van der Waals surface area contributed by atoms with Crippen LogP contribution in [0, 0.1) is 5.41 Å². The smallest absolute Gasteiger partial charge is 0.317 e. The van der Waals surface area contributed by atoms with Crippen LogP contribution in [-0.2, 0) is 58.5 Å². The van der Waals surface area contributed by atoms with Crippen LogP contribution in [0.15, 0.2) is 114 Å². The predicted octanol–water partition coefficient (Wildman–Crippen LogP) is 4.29. The number of β-lactam (4-membered cyclic amide) rings is 1. The van der Waals surface area contributed by atoms with Gasteiger partial charge in [0, 0.05) is 45.4 Å². The van der Waals surface area contributed by atoms with E-state index < -0.39 is 63.3 Å². The van der Waals surface area contributed by atoms with Gasteiger partial charge in [0.15, 0.2) is 28.4 Å². The van der Waals surface area contributed by atoms with Gasteiger partial charge in [0.25, 0.3) is 11.8 Å². The number of benzene rings is 4. The van der Waals surface area contributed by atoms with Gasteiger partial charge in [-0.05, 0) is 57.5 Å². The second kappa shape index (κ2) is 18.2. The Morgan fingerprint density at radius 3 is 2.02 bits per heavy atom. The Kier molecular flexibility index (Phi) is 12.6. The van der Waals surface area contributed by atoms with Gasteiger partial charge in [-0.2, -0.15) is 0 Å². The molecule has 18 heteroatoms. The van der Waals surface area contributed by atoms with Crippen LogP contribution in [0.1, 0.15) is 47.4 Å². The second-order valence-electron chi connectivity index (χ2n) is 15.8. The third kappa shape index (κ3) is 8.56. The van der Waals surface area contributed by atoms with Crippen molar-refractivity contribution in [1.29, 1.82) is 0 Å². The maximum atomic E-state index is 14.0. The molecule has 2 saturated heterocycles. The second-order valence-corrected chi connectivity index (χ2v) is 18.2. The number of carbonyl (C=O) groups excluding carboxylic acids is 4. The van der Waals surface area contributed by atoms with Crippen LogP contribution in [0.4, 0.5) is 5.13 Å². The van der Waals surface area contributed by atoms with Crippen molar-refractivity contribution in [2.75, 3.05) is 37.8 Å². The molecule has 2 amide bonds. The molecule has 2 fully saturated rings. The number of esters is 2. The molecule has 8 rings (SSSR count). The standard InChI is InChI=1S/C46H44N6O10S2/c1-28(53)61-36-21-30-19-20-51(23-31(30)22-37(36)62-29(2)54)25-45(43(57)58)26-52-41(56)39(42(52)64(59)27-45)48-40(55)38(50-60-3)35-24-63-44(47-35)49-46(32-13-7-4-8-14-32,33-15-9-5-10-16-33)34-17-11-6-12-18-34/h4-18,21-22,24,39,42H,19-20,23,25-27H2,1-3H3,(H,47,49)(H,48,55)(H,57,58)/t39?,42-,45?,64?/m1/s1. The molecule has 5 aromatic rings. The van der Waals surface area contributed by atoms with E-state index in [0.717, 1.165) is 27.8 Å². The first-order valence-corrected chi connectivity index (χ1v) is 22.6. The van der Waals surface area contributed by atoms with Gasteiger partial charge in [-0.1, -0.05) is 96.2 Å². The molecule has 0 radical (unpaired) electrons. The Balaban J connectivity index is 0.984. The number of fused-ring (bicyclic) bond motifs is 2. The van der Waals surface area contributed by atoms with Gasteiger partial charge in [0.1, 0.15) is 29.5 Å². The highest BCUT2D eigenvalue weighted by Crippen LogP contribution is 2.43. The maximum Gasteiger partial charge on any atom is 0.317 e. The summed E-state index contributed by atoms with van der Waals surface area (Å²) >= 11 is -0.647. The van der Waals surface area contributed by atoms with E-state index in [0.29, 0.717) is 18.1 Å². The molecule has 3 unspecified atom stereocenters. The van der Waals surface area contributed by atoms with Crippen LogP contribution in [-0.4, -0.2) is 104 Å². The number of aromatic nitrogens is 1. The molecule has 4 heterocycles. The van der Waals surface area contributed by atoms with E-state index in [2.05, 4.69) is 15.8 Å². The number of carboxylic acids is 1. The van der Waals surface area contributed by atoms with Gasteiger partial charge in [0.05, 0.1) is 0 Å². The number of oxime groups is 1. The summed E-state index contributed by atoms with van der Waals surface area (Å²) in [5.74, 6) is -3.90. The largest absolute Gasteiger partial charge is 0.615 e. The normalized spacial score (nSPS) is 20.8. The first-order chi connectivity index (χ1) is 30.8. The summed E-state index contributed by atoms with van der Waals surface area (Å²) in [6.45, 7) is 2.85. The van der Waals surface area contributed by atoms with Gasteiger partial charge in [-0.15, -0.1) is 11.3 Å². The molecule has 4 atom stereocenters. The number of nitrogens with one attached hydrogen (secondary N) is 2. The average Bonchev–Trinajstić information content (AvgIpc) is 3.75. The van der Waals surface area contributed by atoms with Gasteiger partial charge >= 0.3 is 17.9 Å². The fourth-order valence-corrected chi connectivity index (χ4v) is 11.4. The van der Waals surface area contributed by atoms with Crippen molar-refractivity contribution in [2.24, 2.45) is 10.6 Å². The van der Waals surface area contributed by atoms with Gasteiger partial charge in [0.2, 0.25) is 5.37 Å². The Labute approximate surface area is 375 Å². The zero-order chi connectivity index (χ0) is 45.2. The Hall–Kier alpha value is -6.60. The zero-order valence-electron chi connectivity index (χ0n) is 35.0. The highest BCUT2D eigenvalue weighted by atomic mass is 32.2. The first kappa shape index (κ1) is 44.0. The molecule has 0 saturated carbocycles. The summed E-state index contributed by atoms with van der Waals surface area (Å²) in [7, 11) is 1.28. The van der Waals surface area contributed by atoms with Crippen molar-refractivity contribution in [3.63, 3.8) is 0 Å². The van der Waals surface area contributed by atoms with Crippen molar-refractivity contribution in [3.8, 4) is 11.5 Å². The Morgan fingerprint density at radius 2 is 1.48 bits per heavy atom. The molecule has 3 aliphatic rings. The fraction of sp³-hybridized carbons (Fsp3) is 0.283. The SMILES string of the molecule is CON=C(C(=O)NC1C(=O)N2CC(CN3CCc4cc(OC(C)=O)c(OC(C)=O)cc4C3)(C(=O)O)C[S+]([O-])[C@H]12)c1csc(NC(c2ccccc2)(c2ccccc2)c2ccccc2)n1. The molecule has 0 bridgehead atoms. The minimum atomic E-state index is -1.90. The third-order valence-corrected chi connectivity index (χ3v) is 14.2. The van der Waals surface area contributed by atoms with E-state index in [9.17, 15) is 33.6 Å². The van der Waals surface area contributed by atoms with E-state index in [1.54, 1.807) is 17.5 Å². The number of amides is 2. The molecule has 0 aliphatic carbocycles. The molecule has 330 valence electrons. The summed E-state index contributed by atoms with van der Waals surface area (Å²) in [5, 5.41) is 22.1. The van der Waals surface area contributed by atoms with Crippen molar-refractivity contribution in [2.45, 2.75) is 43.8 Å². The van der Waals surface area contributed by atoms with Crippen molar-refractivity contribution >= 4 is 63.1 Å². The summed E-state index contributed by atoms with van der Waals surface area (Å²) in [5.41, 5.74) is 1.85. The number of anilines is 1. The zero-order valence-corrected chi connectivity index (χ0v) is 36.6. The summed E-state index contributed by atoms with van der Waals surface area (Å²) in [6.07, 6.45) is 0.456. The first-order valence-electron chi connectivity index (χ1n) is 20.3. The third-order valence-electron chi connectivity index (χ3n) is 11.5. The highest BCUT2D eigenvalue weighted by molar-refractivity contribution is 7.92. The van der Waals surface area contributed by atoms with Crippen LogP contribution in [0.5, 0.6) is 11.5 Å². The van der Waals surface area contributed by atoms with Gasteiger partial charge in [-0.3, -0.25) is 33.8 Å². The van der Waals surface area contributed by atoms with Crippen LogP contribution < -0.4 is 20.1 Å². The van der Waals surface area contributed by atoms with E-state index in [1.807, 2.05) is 95.9 Å². The van der Waals surface area contributed by atoms with Gasteiger partial charge < -0.3 is 34.6 Å². The minimum Gasteiger partial charge on any atom is -0.615 e. The molecule has 1 aromatic heterocycles. The molecular formula is C46H44N6O10S2. The van der Waals surface area contributed by atoms with E-state index in [-0.39, 0.29) is 48.3 Å². The molecule has 4 aromatic carbocycles. The molecule has 16 nitrogen and oxygen atoms in total. The number of hydrogen-bond acceptors (Lipinski definition) is 14. The lowest BCUT2D eigenvalue weighted by atomic mass is 9.77. The lowest BCUT2D eigenvalue weighted by Gasteiger charge is -2.54. The lowest BCUT2D eigenvalue weighted by Crippen LogP contribution is -2.79. The maximum absolute atomic E-state index is 14.0. The number of ether oxygens (including phenoxy) is 2. The summed E-state index contributed by atoms with van der Waals surface area (Å²) < 4.78 is 24.6. The summed E-state index contributed by atoms with van der Waals surface area (Å²) in [6, 6.07) is 31.8. The number of carboxylic acid groups (broad SMARTS) is 1. The fourth-order valence-electron chi connectivity index (χ4n) is 8.68. The van der Waals surface area contributed by atoms with Crippen LogP contribution >= 0.6 is 11.3 Å². The van der Waals surface area contributed by atoms with Gasteiger partial charge in [-0.25, -0.2) is 4.98 Å². The minimum absolute atomic E-state index is 0.0411. The van der Waals surface area contributed by atoms with Crippen molar-refractivity contribution < 1.29 is 47.9 Å². The topological polar surface area (TPSA) is 212 Å². The lowest BCUT2D eigenvalue weighted by molar-refractivity contribution is -0.160. The van der Waals surface area contributed by atoms with Crippen molar-refractivity contribution in [3.05, 3.63) is 142 Å².